The van der Waals surface area contributed by atoms with Crippen molar-refractivity contribution in [3.05, 3.63) is 70.8 Å². The SMILES string of the molecule is Cc1ccc(C2(C(=O)Nc3cc(-c4cc(F)cc(F)c4)[nH]n3)CCOCC2)cc1C. The van der Waals surface area contributed by atoms with Crippen LogP contribution >= 0.6 is 0 Å². The second-order valence-corrected chi connectivity index (χ2v) is 7.77. The van der Waals surface area contributed by atoms with Crippen LogP contribution < -0.4 is 5.32 Å². The third-order valence-corrected chi connectivity index (χ3v) is 5.83. The molecular formula is C23H23F2N3O2. The Balaban J connectivity index is 1.62. The van der Waals surface area contributed by atoms with Gasteiger partial charge in [0, 0.05) is 30.9 Å². The number of aromatic amines is 1. The van der Waals surface area contributed by atoms with E-state index in [9.17, 15) is 13.6 Å². The number of hydrogen-bond donors (Lipinski definition) is 2. The minimum absolute atomic E-state index is 0.169. The number of anilines is 1. The van der Waals surface area contributed by atoms with Gasteiger partial charge in [-0.3, -0.25) is 9.89 Å². The van der Waals surface area contributed by atoms with E-state index < -0.39 is 17.0 Å². The highest BCUT2D eigenvalue weighted by Crippen LogP contribution is 2.37. The van der Waals surface area contributed by atoms with E-state index in [0.717, 1.165) is 17.2 Å². The number of carbonyl (C=O) groups is 1. The maximum atomic E-state index is 13.5. The molecule has 0 saturated carbocycles. The van der Waals surface area contributed by atoms with Gasteiger partial charge in [0.05, 0.1) is 11.1 Å². The molecule has 3 aromatic rings. The monoisotopic (exact) mass is 411 g/mol. The minimum Gasteiger partial charge on any atom is -0.381 e. The van der Waals surface area contributed by atoms with Gasteiger partial charge in [0.2, 0.25) is 5.91 Å². The van der Waals surface area contributed by atoms with Gasteiger partial charge < -0.3 is 10.1 Å². The number of H-pyrrole nitrogens is 1. The van der Waals surface area contributed by atoms with Gasteiger partial charge in [-0.1, -0.05) is 18.2 Å². The van der Waals surface area contributed by atoms with Gasteiger partial charge in [-0.15, -0.1) is 0 Å². The summed E-state index contributed by atoms with van der Waals surface area (Å²) in [5.74, 6) is -1.23. The van der Waals surface area contributed by atoms with Crippen LogP contribution in [0.3, 0.4) is 0 Å². The molecule has 30 heavy (non-hydrogen) atoms. The quantitative estimate of drug-likeness (QED) is 0.656. The molecule has 1 aromatic heterocycles. The van der Waals surface area contributed by atoms with E-state index in [4.69, 9.17) is 4.74 Å². The van der Waals surface area contributed by atoms with Crippen LogP contribution in [-0.2, 0) is 14.9 Å². The average molecular weight is 411 g/mol. The van der Waals surface area contributed by atoms with Gasteiger partial charge in [-0.05, 0) is 55.5 Å². The van der Waals surface area contributed by atoms with Crippen molar-refractivity contribution < 1.29 is 18.3 Å². The van der Waals surface area contributed by atoms with Crippen molar-refractivity contribution in [2.45, 2.75) is 32.1 Å². The number of carbonyl (C=O) groups excluding carboxylic acids is 1. The van der Waals surface area contributed by atoms with E-state index in [1.165, 1.54) is 17.7 Å². The van der Waals surface area contributed by atoms with Crippen molar-refractivity contribution in [3.63, 3.8) is 0 Å². The van der Waals surface area contributed by atoms with Crippen LogP contribution in [0.2, 0.25) is 0 Å². The van der Waals surface area contributed by atoms with Crippen molar-refractivity contribution >= 4 is 11.7 Å². The molecule has 0 radical (unpaired) electrons. The lowest BCUT2D eigenvalue weighted by atomic mass is 9.72. The highest BCUT2D eigenvalue weighted by atomic mass is 19.1. The van der Waals surface area contributed by atoms with Gasteiger partial charge in [-0.25, -0.2) is 8.78 Å². The molecule has 2 N–H and O–H groups in total. The van der Waals surface area contributed by atoms with Crippen LogP contribution in [0, 0.1) is 25.5 Å². The summed E-state index contributed by atoms with van der Waals surface area (Å²) in [6, 6.07) is 10.9. The van der Waals surface area contributed by atoms with Crippen molar-refractivity contribution in [1.29, 1.82) is 0 Å². The molecule has 1 saturated heterocycles. The maximum Gasteiger partial charge on any atom is 0.236 e. The smallest absolute Gasteiger partial charge is 0.236 e. The van der Waals surface area contributed by atoms with Gasteiger partial charge >= 0.3 is 0 Å². The molecule has 2 heterocycles. The second-order valence-electron chi connectivity index (χ2n) is 7.77. The van der Waals surface area contributed by atoms with Crippen molar-refractivity contribution in [3.8, 4) is 11.3 Å². The largest absolute Gasteiger partial charge is 0.381 e. The van der Waals surface area contributed by atoms with E-state index >= 15 is 0 Å². The van der Waals surface area contributed by atoms with Crippen molar-refractivity contribution in [2.75, 3.05) is 18.5 Å². The molecule has 0 bridgehead atoms. The Kier molecular flexibility index (Phi) is 5.39. The molecular weight excluding hydrogens is 388 g/mol. The summed E-state index contributed by atoms with van der Waals surface area (Å²) in [6.07, 6.45) is 1.13. The number of rotatable bonds is 4. The number of nitrogens with zero attached hydrogens (tertiary/aromatic N) is 1. The molecule has 1 aliphatic heterocycles. The Bertz CT molecular complexity index is 1070. The topological polar surface area (TPSA) is 67.0 Å². The van der Waals surface area contributed by atoms with Gasteiger partial charge in [-0.2, -0.15) is 5.10 Å². The van der Waals surface area contributed by atoms with Crippen molar-refractivity contribution in [2.24, 2.45) is 0 Å². The van der Waals surface area contributed by atoms with Gasteiger partial charge in [0.15, 0.2) is 5.82 Å². The number of aromatic nitrogens is 2. The first kappa shape index (κ1) is 20.2. The van der Waals surface area contributed by atoms with Crippen LogP contribution in [0.15, 0.2) is 42.5 Å². The number of nitrogens with one attached hydrogen (secondary N) is 2. The normalized spacial score (nSPS) is 15.7. The maximum absolute atomic E-state index is 13.5. The summed E-state index contributed by atoms with van der Waals surface area (Å²) in [5.41, 5.74) is 3.25. The third-order valence-electron chi connectivity index (χ3n) is 5.83. The summed E-state index contributed by atoms with van der Waals surface area (Å²) in [6.45, 7) is 5.06. The molecule has 0 spiro atoms. The summed E-state index contributed by atoms with van der Waals surface area (Å²) >= 11 is 0. The second kappa shape index (κ2) is 7.99. The number of benzene rings is 2. The summed E-state index contributed by atoms with van der Waals surface area (Å²) in [7, 11) is 0. The Labute approximate surface area is 173 Å². The van der Waals surface area contributed by atoms with E-state index in [1.54, 1.807) is 6.07 Å². The van der Waals surface area contributed by atoms with Crippen LogP contribution in [0.1, 0.15) is 29.5 Å². The molecule has 0 aliphatic carbocycles. The Morgan fingerprint density at radius 2 is 1.73 bits per heavy atom. The zero-order valence-corrected chi connectivity index (χ0v) is 16.9. The van der Waals surface area contributed by atoms with E-state index in [0.29, 0.717) is 43.1 Å². The first-order chi connectivity index (χ1) is 14.4. The fourth-order valence-corrected chi connectivity index (χ4v) is 3.88. The fourth-order valence-electron chi connectivity index (χ4n) is 3.88. The van der Waals surface area contributed by atoms with Crippen molar-refractivity contribution in [1.82, 2.24) is 10.2 Å². The first-order valence-corrected chi connectivity index (χ1v) is 9.86. The molecule has 156 valence electrons. The molecule has 0 atom stereocenters. The average Bonchev–Trinajstić information content (AvgIpc) is 3.18. The molecule has 1 amide bonds. The summed E-state index contributed by atoms with van der Waals surface area (Å²) in [5, 5.41) is 9.72. The predicted molar refractivity (Wildman–Crippen MR) is 110 cm³/mol. The van der Waals surface area contributed by atoms with E-state index in [-0.39, 0.29) is 5.91 Å². The zero-order chi connectivity index (χ0) is 21.3. The lowest BCUT2D eigenvalue weighted by Crippen LogP contribution is -2.45. The number of ether oxygens (including phenoxy) is 1. The van der Waals surface area contributed by atoms with Gasteiger partial charge in [0.25, 0.3) is 0 Å². The van der Waals surface area contributed by atoms with Crippen LogP contribution in [0.4, 0.5) is 14.6 Å². The highest BCUT2D eigenvalue weighted by molar-refractivity contribution is 5.99. The number of amides is 1. The Hall–Kier alpha value is -3.06. The molecule has 1 aliphatic rings. The molecule has 1 fully saturated rings. The third kappa shape index (κ3) is 3.85. The minimum atomic E-state index is -0.721. The van der Waals surface area contributed by atoms with Crippen LogP contribution in [-0.4, -0.2) is 29.3 Å². The first-order valence-electron chi connectivity index (χ1n) is 9.86. The summed E-state index contributed by atoms with van der Waals surface area (Å²) < 4.78 is 32.5. The molecule has 0 unspecified atom stereocenters. The lowest BCUT2D eigenvalue weighted by Gasteiger charge is -2.36. The number of hydrogen-bond acceptors (Lipinski definition) is 3. The predicted octanol–water partition coefficient (Wildman–Crippen LogP) is 4.66. The fraction of sp³-hybridized carbons (Fsp3) is 0.304. The standard InChI is InChI=1S/C23H23F2N3O2/c1-14-3-4-17(9-15(14)2)23(5-7-30-8-6-23)22(29)26-21-13-20(27-28-21)16-10-18(24)12-19(25)11-16/h3-4,9-13H,5-8H2,1-2H3,(H2,26,27,28,29). The molecule has 7 heteroatoms. The molecule has 4 rings (SSSR count). The number of halogens is 2. The Morgan fingerprint density at radius 3 is 2.40 bits per heavy atom. The van der Waals surface area contributed by atoms with E-state index in [1.807, 2.05) is 26.0 Å². The lowest BCUT2D eigenvalue weighted by molar-refractivity contribution is -0.125. The highest BCUT2D eigenvalue weighted by Gasteiger charge is 2.42. The van der Waals surface area contributed by atoms with E-state index in [2.05, 4.69) is 21.6 Å². The zero-order valence-electron chi connectivity index (χ0n) is 16.9. The van der Waals surface area contributed by atoms with Crippen LogP contribution in [0.5, 0.6) is 0 Å². The molecule has 5 nitrogen and oxygen atoms in total. The van der Waals surface area contributed by atoms with Crippen LogP contribution in [0.25, 0.3) is 11.3 Å². The van der Waals surface area contributed by atoms with Gasteiger partial charge in [0.1, 0.15) is 11.6 Å². The Morgan fingerprint density at radius 1 is 1.03 bits per heavy atom. The number of aryl methyl sites for hydroxylation is 2. The molecule has 2 aromatic carbocycles. The summed E-state index contributed by atoms with van der Waals surface area (Å²) in [4.78, 5) is 13.4.